The monoisotopic (exact) mass is 370 g/mol. The molecule has 0 saturated carbocycles. The minimum atomic E-state index is -0.436. The van der Waals surface area contributed by atoms with Gasteiger partial charge in [0.1, 0.15) is 6.07 Å². The van der Waals surface area contributed by atoms with Crippen LogP contribution in [0, 0.1) is 31.8 Å². The molecule has 0 fully saturated rings. The van der Waals surface area contributed by atoms with E-state index in [-0.39, 0.29) is 0 Å². The molecule has 28 heavy (non-hydrogen) atoms. The zero-order valence-electron chi connectivity index (χ0n) is 15.9. The normalized spacial score (nSPS) is 10.2. The highest BCUT2D eigenvalue weighted by molar-refractivity contribution is 5.89. The van der Waals surface area contributed by atoms with Gasteiger partial charge < -0.3 is 9.30 Å². The molecule has 0 spiro atoms. The van der Waals surface area contributed by atoms with E-state index in [4.69, 9.17) is 11.3 Å². The van der Waals surface area contributed by atoms with Gasteiger partial charge in [-0.1, -0.05) is 24.3 Å². The number of pyridine rings is 1. The number of esters is 1. The van der Waals surface area contributed by atoms with E-state index < -0.39 is 5.97 Å². The van der Waals surface area contributed by atoms with Gasteiger partial charge in [0, 0.05) is 35.9 Å². The second-order valence-corrected chi connectivity index (χ2v) is 6.35. The van der Waals surface area contributed by atoms with Crippen molar-refractivity contribution in [2.24, 2.45) is 0 Å². The molecule has 6 heteroatoms. The number of ether oxygens (including phenoxy) is 1. The Kier molecular flexibility index (Phi) is 5.24. The predicted molar refractivity (Wildman–Crippen MR) is 105 cm³/mol. The van der Waals surface area contributed by atoms with Crippen LogP contribution in [0.25, 0.3) is 16.0 Å². The van der Waals surface area contributed by atoms with Gasteiger partial charge in [-0.15, -0.1) is 0 Å². The molecule has 0 saturated heterocycles. The summed E-state index contributed by atoms with van der Waals surface area (Å²) in [6.07, 6.45) is 3.16. The van der Waals surface area contributed by atoms with E-state index >= 15 is 0 Å². The molecule has 3 aromatic rings. The molecule has 1 aromatic carbocycles. The number of carbonyl (C=O) groups is 1. The largest absolute Gasteiger partial charge is 0.465 e. The van der Waals surface area contributed by atoms with Crippen LogP contribution in [0.1, 0.15) is 32.9 Å². The molecule has 0 radical (unpaired) electrons. The summed E-state index contributed by atoms with van der Waals surface area (Å²) in [6.45, 7) is 11.4. The van der Waals surface area contributed by atoms with Crippen LogP contribution in [0.3, 0.4) is 0 Å². The SMILES string of the molecule is [C-]#[N+]c1ccc(-c2c(C#N)c(C)n(Cc3cncc(C(=O)OC)c3)c2C)cc1. The lowest BCUT2D eigenvalue weighted by Gasteiger charge is -2.10. The topological polar surface area (TPSA) is 72.3 Å². The molecule has 0 aliphatic heterocycles. The Morgan fingerprint density at radius 2 is 1.96 bits per heavy atom. The number of rotatable bonds is 4. The molecule has 2 aromatic heterocycles. The smallest absolute Gasteiger partial charge is 0.339 e. The standard InChI is InChI=1S/C22H18N4O2/c1-14-20(10-23)21(17-5-7-19(24-3)8-6-17)15(2)26(14)13-16-9-18(12-25-11-16)22(27)28-4/h5-9,11-12H,13H2,1-2,4H3. The Morgan fingerprint density at radius 3 is 2.57 bits per heavy atom. The highest BCUT2D eigenvalue weighted by atomic mass is 16.5. The fourth-order valence-corrected chi connectivity index (χ4v) is 3.30. The van der Waals surface area contributed by atoms with Crippen molar-refractivity contribution in [3.63, 3.8) is 0 Å². The summed E-state index contributed by atoms with van der Waals surface area (Å²) in [7, 11) is 1.33. The molecule has 2 heterocycles. The first-order valence-electron chi connectivity index (χ1n) is 8.60. The van der Waals surface area contributed by atoms with Gasteiger partial charge >= 0.3 is 5.97 Å². The average molecular weight is 370 g/mol. The van der Waals surface area contributed by atoms with Crippen LogP contribution >= 0.6 is 0 Å². The third kappa shape index (κ3) is 3.36. The molecular weight excluding hydrogens is 352 g/mol. The van der Waals surface area contributed by atoms with E-state index in [9.17, 15) is 10.1 Å². The van der Waals surface area contributed by atoms with Gasteiger partial charge in [0.25, 0.3) is 0 Å². The van der Waals surface area contributed by atoms with Gasteiger partial charge in [0.15, 0.2) is 5.69 Å². The summed E-state index contributed by atoms with van der Waals surface area (Å²) in [6, 6.07) is 11.3. The van der Waals surface area contributed by atoms with E-state index in [1.165, 1.54) is 13.3 Å². The molecule has 6 nitrogen and oxygen atoms in total. The maximum Gasteiger partial charge on any atom is 0.339 e. The number of hydrogen-bond donors (Lipinski definition) is 0. The first kappa shape index (κ1) is 18.9. The summed E-state index contributed by atoms with van der Waals surface area (Å²) < 4.78 is 6.79. The summed E-state index contributed by atoms with van der Waals surface area (Å²) in [5.74, 6) is -0.436. The van der Waals surface area contributed by atoms with Crippen molar-refractivity contribution >= 4 is 11.7 Å². The molecular formula is C22H18N4O2. The van der Waals surface area contributed by atoms with Crippen LogP contribution in [-0.2, 0) is 11.3 Å². The lowest BCUT2D eigenvalue weighted by Crippen LogP contribution is -2.07. The van der Waals surface area contributed by atoms with Crippen LogP contribution in [0.2, 0.25) is 0 Å². The van der Waals surface area contributed by atoms with Crippen LogP contribution < -0.4 is 0 Å². The van der Waals surface area contributed by atoms with Crippen LogP contribution in [-0.4, -0.2) is 22.6 Å². The maximum absolute atomic E-state index is 11.8. The Hall–Kier alpha value is -3.90. The Labute approximate surface area is 163 Å². The fourth-order valence-electron chi connectivity index (χ4n) is 3.30. The second kappa shape index (κ2) is 7.77. The zero-order chi connectivity index (χ0) is 20.3. The van der Waals surface area contributed by atoms with Crippen molar-refractivity contribution in [3.8, 4) is 17.2 Å². The number of nitrogens with zero attached hydrogens (tertiary/aromatic N) is 4. The first-order chi connectivity index (χ1) is 13.5. The first-order valence-corrected chi connectivity index (χ1v) is 8.60. The Morgan fingerprint density at radius 1 is 1.25 bits per heavy atom. The molecule has 0 aliphatic rings. The van der Waals surface area contributed by atoms with E-state index in [1.807, 2.05) is 30.5 Å². The van der Waals surface area contributed by atoms with E-state index in [2.05, 4.69) is 15.9 Å². The lowest BCUT2D eigenvalue weighted by atomic mass is 10.0. The number of hydrogen-bond acceptors (Lipinski definition) is 4. The molecule has 0 N–H and O–H groups in total. The van der Waals surface area contributed by atoms with Gasteiger partial charge in [-0.25, -0.2) is 9.64 Å². The predicted octanol–water partition coefficient (Wildman–Crippen LogP) is 4.42. The Balaban J connectivity index is 2.06. The summed E-state index contributed by atoms with van der Waals surface area (Å²) in [5.41, 5.74) is 5.91. The third-order valence-corrected chi connectivity index (χ3v) is 4.74. The van der Waals surface area contributed by atoms with Gasteiger partial charge in [-0.05, 0) is 31.0 Å². The maximum atomic E-state index is 11.8. The van der Waals surface area contributed by atoms with E-state index in [0.717, 1.165) is 28.1 Å². The number of carbonyl (C=O) groups excluding carboxylic acids is 1. The van der Waals surface area contributed by atoms with Crippen molar-refractivity contribution in [2.45, 2.75) is 20.4 Å². The number of methoxy groups -OCH3 is 1. The third-order valence-electron chi connectivity index (χ3n) is 4.74. The molecule has 0 atom stereocenters. The van der Waals surface area contributed by atoms with Crippen LogP contribution in [0.15, 0.2) is 42.7 Å². The van der Waals surface area contributed by atoms with Gasteiger partial charge in [0.05, 0.1) is 24.8 Å². The van der Waals surface area contributed by atoms with Crippen molar-refractivity contribution in [1.82, 2.24) is 9.55 Å². The highest BCUT2D eigenvalue weighted by Gasteiger charge is 2.19. The quantitative estimate of drug-likeness (QED) is 0.503. The number of nitriles is 1. The van der Waals surface area contributed by atoms with Crippen LogP contribution in [0.5, 0.6) is 0 Å². The van der Waals surface area contributed by atoms with Crippen LogP contribution in [0.4, 0.5) is 5.69 Å². The highest BCUT2D eigenvalue weighted by Crippen LogP contribution is 2.33. The van der Waals surface area contributed by atoms with E-state index in [0.29, 0.717) is 23.4 Å². The average Bonchev–Trinajstić information content (AvgIpc) is 2.97. The lowest BCUT2D eigenvalue weighted by molar-refractivity contribution is 0.0600. The minimum Gasteiger partial charge on any atom is -0.465 e. The Bertz CT molecular complexity index is 1130. The summed E-state index contributed by atoms with van der Waals surface area (Å²) in [4.78, 5) is 19.3. The second-order valence-electron chi connectivity index (χ2n) is 6.35. The van der Waals surface area contributed by atoms with Crippen molar-refractivity contribution in [2.75, 3.05) is 7.11 Å². The molecule has 0 amide bonds. The number of aromatic nitrogens is 2. The molecule has 3 rings (SSSR count). The van der Waals surface area contributed by atoms with Gasteiger partial charge in [-0.3, -0.25) is 4.98 Å². The zero-order valence-corrected chi connectivity index (χ0v) is 15.9. The fraction of sp³-hybridized carbons (Fsp3) is 0.182. The van der Waals surface area contributed by atoms with Gasteiger partial charge in [0.2, 0.25) is 0 Å². The minimum absolute atomic E-state index is 0.387. The van der Waals surface area contributed by atoms with Crippen molar-refractivity contribution in [1.29, 1.82) is 5.26 Å². The van der Waals surface area contributed by atoms with Crippen molar-refractivity contribution in [3.05, 3.63) is 82.2 Å². The summed E-state index contributed by atoms with van der Waals surface area (Å²) >= 11 is 0. The molecule has 0 aliphatic carbocycles. The number of benzene rings is 1. The molecule has 0 unspecified atom stereocenters. The molecule has 138 valence electrons. The van der Waals surface area contributed by atoms with Gasteiger partial charge in [-0.2, -0.15) is 5.26 Å². The molecule has 0 bridgehead atoms. The van der Waals surface area contributed by atoms with Crippen molar-refractivity contribution < 1.29 is 9.53 Å². The summed E-state index contributed by atoms with van der Waals surface area (Å²) in [5, 5.41) is 9.73. The van der Waals surface area contributed by atoms with E-state index in [1.54, 1.807) is 24.4 Å².